The molecule has 1 saturated carbocycles. The highest BCUT2D eigenvalue weighted by Gasteiger charge is 2.59. The van der Waals surface area contributed by atoms with Crippen LogP contribution in [0.25, 0.3) is 0 Å². The van der Waals surface area contributed by atoms with Crippen molar-refractivity contribution in [3.63, 3.8) is 0 Å². The number of hydrogen-bond acceptors (Lipinski definition) is 1. The molecule has 1 N–H and O–H groups in total. The molecule has 0 aromatic heterocycles. The van der Waals surface area contributed by atoms with E-state index < -0.39 is 0 Å². The zero-order valence-corrected chi connectivity index (χ0v) is 6.19. The normalized spacial score (nSPS) is 56.0. The Bertz CT molecular complexity index is 175. The Balaban J connectivity index is 2.13. The molecular formula is C9H13N. The summed E-state index contributed by atoms with van der Waals surface area (Å²) in [7, 11) is 0. The molecule has 2 atom stereocenters. The van der Waals surface area contributed by atoms with Gasteiger partial charge in [0.15, 0.2) is 0 Å². The molecule has 0 bridgehead atoms. The number of hydrogen-bond donors (Lipinski definition) is 1. The summed E-state index contributed by atoms with van der Waals surface area (Å²) in [5.41, 5.74) is 1.26. The fraction of sp³-hybridized carbons (Fsp3) is 0.778. The molecule has 0 aromatic carbocycles. The molecule has 0 amide bonds. The maximum absolute atomic E-state index is 3.51. The Labute approximate surface area is 61.5 Å². The summed E-state index contributed by atoms with van der Waals surface area (Å²) in [5, 5.41) is 3.51. The topological polar surface area (TPSA) is 12.0 Å². The van der Waals surface area contributed by atoms with E-state index in [2.05, 4.69) is 17.5 Å². The molecule has 1 saturated heterocycles. The molecule has 54 valence electrons. The lowest BCUT2D eigenvalue weighted by Gasteiger charge is -2.43. The van der Waals surface area contributed by atoms with Crippen LogP contribution in [0.3, 0.4) is 0 Å². The summed E-state index contributed by atoms with van der Waals surface area (Å²) in [6.45, 7) is 2.51. The molecule has 0 aromatic rings. The van der Waals surface area contributed by atoms with Gasteiger partial charge in [0.05, 0.1) is 0 Å². The fourth-order valence-electron chi connectivity index (χ4n) is 3.09. The second-order valence-corrected chi connectivity index (χ2v) is 4.10. The summed E-state index contributed by atoms with van der Waals surface area (Å²) in [5.74, 6) is 0. The van der Waals surface area contributed by atoms with Crippen molar-refractivity contribution in [1.29, 1.82) is 0 Å². The molecule has 1 aliphatic heterocycles. The van der Waals surface area contributed by atoms with Crippen LogP contribution in [0.2, 0.25) is 0 Å². The van der Waals surface area contributed by atoms with Crippen molar-refractivity contribution in [2.75, 3.05) is 13.1 Å². The van der Waals surface area contributed by atoms with Crippen molar-refractivity contribution in [3.8, 4) is 0 Å². The molecule has 2 fully saturated rings. The first-order chi connectivity index (χ1) is 4.87. The molecule has 3 rings (SSSR count). The minimum atomic E-state index is 0.632. The fourth-order valence-corrected chi connectivity index (χ4v) is 3.09. The molecule has 0 radical (unpaired) electrons. The minimum absolute atomic E-state index is 0.632. The van der Waals surface area contributed by atoms with E-state index in [0.29, 0.717) is 10.8 Å². The summed E-state index contributed by atoms with van der Waals surface area (Å²) in [6.07, 6.45) is 9.22. The average Bonchev–Trinajstić information content (AvgIpc) is 2.16. The Kier molecular flexibility index (Phi) is 0.713. The number of nitrogens with one attached hydrogen (secondary N) is 1. The van der Waals surface area contributed by atoms with Crippen molar-refractivity contribution in [3.05, 3.63) is 12.2 Å². The Morgan fingerprint density at radius 1 is 1.00 bits per heavy atom. The van der Waals surface area contributed by atoms with E-state index in [1.54, 1.807) is 0 Å². The maximum Gasteiger partial charge on any atom is 0.0110 e. The van der Waals surface area contributed by atoms with Crippen LogP contribution in [0.1, 0.15) is 19.3 Å². The lowest BCUT2D eigenvalue weighted by molar-refractivity contribution is 0.217. The van der Waals surface area contributed by atoms with Crippen molar-refractivity contribution >= 4 is 0 Å². The van der Waals surface area contributed by atoms with Gasteiger partial charge in [-0.2, -0.15) is 0 Å². The quantitative estimate of drug-likeness (QED) is 0.494. The van der Waals surface area contributed by atoms with Gasteiger partial charge in [0.1, 0.15) is 0 Å². The zero-order valence-electron chi connectivity index (χ0n) is 6.19. The SMILES string of the molecule is C1=CC23CCCC12CNC3. The molecule has 2 unspecified atom stereocenters. The molecule has 1 heteroatoms. The Morgan fingerprint density at radius 2 is 1.60 bits per heavy atom. The summed E-state index contributed by atoms with van der Waals surface area (Å²) in [6, 6.07) is 0. The van der Waals surface area contributed by atoms with Crippen LogP contribution in [0.5, 0.6) is 0 Å². The van der Waals surface area contributed by atoms with E-state index in [0.717, 1.165) is 0 Å². The number of rotatable bonds is 0. The van der Waals surface area contributed by atoms with Crippen LogP contribution in [-0.4, -0.2) is 13.1 Å². The highest BCUT2D eigenvalue weighted by Crippen LogP contribution is 2.62. The van der Waals surface area contributed by atoms with Crippen LogP contribution in [0, 0.1) is 10.8 Å². The molecular weight excluding hydrogens is 122 g/mol. The molecule has 1 nitrogen and oxygen atoms in total. The third kappa shape index (κ3) is 0.344. The lowest BCUT2D eigenvalue weighted by Crippen LogP contribution is -2.39. The molecule has 10 heavy (non-hydrogen) atoms. The van der Waals surface area contributed by atoms with Crippen molar-refractivity contribution in [2.24, 2.45) is 10.8 Å². The van der Waals surface area contributed by atoms with Gasteiger partial charge in [-0.05, 0) is 12.8 Å². The van der Waals surface area contributed by atoms with E-state index in [4.69, 9.17) is 0 Å². The third-order valence-corrected chi connectivity index (χ3v) is 3.84. The average molecular weight is 135 g/mol. The largest absolute Gasteiger partial charge is 0.315 e. The van der Waals surface area contributed by atoms with Gasteiger partial charge < -0.3 is 5.32 Å². The van der Waals surface area contributed by atoms with Crippen LogP contribution in [0.15, 0.2) is 12.2 Å². The first-order valence-electron chi connectivity index (χ1n) is 4.28. The second-order valence-electron chi connectivity index (χ2n) is 4.10. The van der Waals surface area contributed by atoms with Crippen molar-refractivity contribution in [1.82, 2.24) is 5.32 Å². The Hall–Kier alpha value is -0.300. The standard InChI is InChI=1S/C9H13N/c1-2-8-4-5-9(8,3-1)7-10-6-8/h4-5,10H,1-3,6-7H2. The highest BCUT2D eigenvalue weighted by atomic mass is 15.0. The van der Waals surface area contributed by atoms with Gasteiger partial charge in [0, 0.05) is 23.9 Å². The molecule has 2 aliphatic carbocycles. The molecule has 3 aliphatic rings. The summed E-state index contributed by atoms with van der Waals surface area (Å²) < 4.78 is 0. The highest BCUT2D eigenvalue weighted by molar-refractivity contribution is 5.33. The van der Waals surface area contributed by atoms with Gasteiger partial charge in [-0.25, -0.2) is 0 Å². The van der Waals surface area contributed by atoms with Gasteiger partial charge >= 0.3 is 0 Å². The smallest absolute Gasteiger partial charge is 0.0110 e. The first-order valence-corrected chi connectivity index (χ1v) is 4.28. The van der Waals surface area contributed by atoms with E-state index in [1.165, 1.54) is 32.4 Å². The van der Waals surface area contributed by atoms with Gasteiger partial charge in [0.25, 0.3) is 0 Å². The van der Waals surface area contributed by atoms with E-state index in [9.17, 15) is 0 Å². The van der Waals surface area contributed by atoms with Crippen LogP contribution < -0.4 is 5.32 Å². The summed E-state index contributed by atoms with van der Waals surface area (Å²) in [4.78, 5) is 0. The van der Waals surface area contributed by atoms with E-state index >= 15 is 0 Å². The monoisotopic (exact) mass is 135 g/mol. The zero-order chi connectivity index (χ0) is 6.66. The van der Waals surface area contributed by atoms with Crippen LogP contribution in [-0.2, 0) is 0 Å². The van der Waals surface area contributed by atoms with Crippen LogP contribution in [0.4, 0.5) is 0 Å². The first kappa shape index (κ1) is 5.36. The predicted molar refractivity (Wildman–Crippen MR) is 40.7 cm³/mol. The molecule has 1 heterocycles. The van der Waals surface area contributed by atoms with E-state index in [1.807, 2.05) is 0 Å². The van der Waals surface area contributed by atoms with Crippen molar-refractivity contribution < 1.29 is 0 Å². The lowest BCUT2D eigenvalue weighted by atomic mass is 9.60. The van der Waals surface area contributed by atoms with Gasteiger partial charge in [0.2, 0.25) is 0 Å². The maximum atomic E-state index is 3.51. The molecule has 0 spiro atoms. The van der Waals surface area contributed by atoms with E-state index in [-0.39, 0.29) is 0 Å². The second kappa shape index (κ2) is 1.33. The van der Waals surface area contributed by atoms with Crippen molar-refractivity contribution in [2.45, 2.75) is 19.3 Å². The summed E-state index contributed by atoms with van der Waals surface area (Å²) >= 11 is 0. The predicted octanol–water partition coefficient (Wildman–Crippen LogP) is 1.32. The van der Waals surface area contributed by atoms with Crippen LogP contribution >= 0.6 is 0 Å². The van der Waals surface area contributed by atoms with Gasteiger partial charge in [-0.15, -0.1) is 0 Å². The third-order valence-electron chi connectivity index (χ3n) is 3.84. The Morgan fingerprint density at radius 3 is 2.10 bits per heavy atom. The van der Waals surface area contributed by atoms with Gasteiger partial charge in [-0.1, -0.05) is 18.6 Å². The van der Waals surface area contributed by atoms with Gasteiger partial charge in [-0.3, -0.25) is 0 Å². The minimum Gasteiger partial charge on any atom is -0.315 e.